The molecule has 0 aliphatic heterocycles. The summed E-state index contributed by atoms with van der Waals surface area (Å²) in [5.41, 5.74) is 0.999. The van der Waals surface area contributed by atoms with Crippen LogP contribution < -0.4 is 15.6 Å². The highest BCUT2D eigenvalue weighted by molar-refractivity contribution is 5.91. The maximum Gasteiger partial charge on any atom is 0.404 e. The summed E-state index contributed by atoms with van der Waals surface area (Å²) in [4.78, 5) is 28.8. The first-order chi connectivity index (χ1) is 14.8. The van der Waals surface area contributed by atoms with Crippen LogP contribution in [-0.4, -0.2) is 32.5 Å². The highest BCUT2D eigenvalue weighted by Crippen LogP contribution is 2.32. The number of hydrogen-bond acceptors (Lipinski definition) is 6. The van der Waals surface area contributed by atoms with Crippen LogP contribution in [0, 0.1) is 12.8 Å². The molecule has 1 amide bonds. The number of hydrogen-bond donors (Lipinski definition) is 2. The van der Waals surface area contributed by atoms with E-state index in [1.165, 1.54) is 0 Å². The summed E-state index contributed by atoms with van der Waals surface area (Å²) in [6.07, 6.45) is 0.610. The molecular weight excluding hydrogens is 400 g/mol. The van der Waals surface area contributed by atoms with Crippen LogP contribution in [0.1, 0.15) is 45.2 Å². The summed E-state index contributed by atoms with van der Waals surface area (Å²) in [6, 6.07) is 5.31. The van der Waals surface area contributed by atoms with E-state index in [1.54, 1.807) is 29.7 Å². The number of unbranched alkanes of at least 4 members (excludes halogenated alkanes) is 1. The zero-order valence-electron chi connectivity index (χ0n) is 18.3. The van der Waals surface area contributed by atoms with Crippen molar-refractivity contribution in [3.05, 3.63) is 40.1 Å². The molecule has 0 saturated heterocycles. The number of benzene rings is 1. The molecule has 3 rings (SSSR count). The summed E-state index contributed by atoms with van der Waals surface area (Å²) >= 11 is 0. The van der Waals surface area contributed by atoms with Crippen molar-refractivity contribution in [1.82, 2.24) is 20.0 Å². The van der Waals surface area contributed by atoms with Crippen molar-refractivity contribution in [2.24, 2.45) is 5.92 Å². The molecule has 0 radical (unpaired) electrons. The van der Waals surface area contributed by atoms with Gasteiger partial charge < -0.3 is 24.3 Å². The first kappa shape index (κ1) is 22.3. The molecule has 2 heterocycles. The molecule has 3 aromatic rings. The van der Waals surface area contributed by atoms with Crippen LogP contribution in [0.5, 0.6) is 5.75 Å². The van der Waals surface area contributed by atoms with Crippen LogP contribution in [0.25, 0.3) is 22.2 Å². The second-order valence-corrected chi connectivity index (χ2v) is 7.84. The number of ether oxygens (including phenoxy) is 1. The van der Waals surface area contributed by atoms with Crippen molar-refractivity contribution in [2.45, 2.75) is 53.6 Å². The third kappa shape index (κ3) is 5.04. The van der Waals surface area contributed by atoms with E-state index in [-0.39, 0.29) is 18.0 Å². The maximum absolute atomic E-state index is 13.3. The molecule has 0 fully saturated rings. The van der Waals surface area contributed by atoms with Gasteiger partial charge in [0.25, 0.3) is 5.56 Å². The molecule has 0 bridgehead atoms. The molecule has 0 aliphatic rings. The lowest BCUT2D eigenvalue weighted by molar-refractivity contribution is 0.193. The Bertz CT molecular complexity index is 1130. The van der Waals surface area contributed by atoms with E-state index >= 15 is 0 Å². The molecule has 2 N–H and O–H groups in total. The first-order valence-electron chi connectivity index (χ1n) is 10.4. The topological polar surface area (TPSA) is 119 Å². The number of rotatable bonds is 9. The van der Waals surface area contributed by atoms with E-state index in [4.69, 9.17) is 14.4 Å². The average Bonchev–Trinajstić information content (AvgIpc) is 3.16. The Kier molecular flexibility index (Phi) is 6.94. The van der Waals surface area contributed by atoms with Gasteiger partial charge >= 0.3 is 6.09 Å². The number of pyridine rings is 1. The molecule has 2 aromatic heterocycles. The third-order valence-electron chi connectivity index (χ3n) is 4.81. The van der Waals surface area contributed by atoms with Crippen molar-refractivity contribution in [1.29, 1.82) is 0 Å². The third-order valence-corrected chi connectivity index (χ3v) is 4.81. The number of aryl methyl sites for hydroxylation is 1. The minimum absolute atomic E-state index is 0.0414. The Balaban J connectivity index is 2.27. The van der Waals surface area contributed by atoms with Crippen LogP contribution >= 0.6 is 0 Å². The molecule has 0 aliphatic carbocycles. The zero-order chi connectivity index (χ0) is 22.5. The number of nitrogens with one attached hydrogen (secondary N) is 1. The van der Waals surface area contributed by atoms with Gasteiger partial charge in [0.1, 0.15) is 5.75 Å². The second kappa shape index (κ2) is 9.63. The monoisotopic (exact) mass is 428 g/mol. The number of aromatic nitrogens is 3. The van der Waals surface area contributed by atoms with Gasteiger partial charge in [-0.05, 0) is 24.5 Å². The van der Waals surface area contributed by atoms with Crippen molar-refractivity contribution in [2.75, 3.05) is 6.61 Å². The van der Waals surface area contributed by atoms with Crippen LogP contribution in [-0.2, 0) is 13.1 Å². The van der Waals surface area contributed by atoms with E-state index < -0.39 is 6.09 Å². The number of fused-ring (bicyclic) bond motifs is 1. The highest BCUT2D eigenvalue weighted by atomic mass is 16.5. The fourth-order valence-electron chi connectivity index (χ4n) is 3.39. The summed E-state index contributed by atoms with van der Waals surface area (Å²) in [5.74, 6) is 1.53. The zero-order valence-corrected chi connectivity index (χ0v) is 18.3. The summed E-state index contributed by atoms with van der Waals surface area (Å²) in [5, 5.41) is 16.6. The summed E-state index contributed by atoms with van der Waals surface area (Å²) < 4.78 is 12.8. The largest absolute Gasteiger partial charge is 0.491 e. The Morgan fingerprint density at radius 1 is 1.32 bits per heavy atom. The van der Waals surface area contributed by atoms with Gasteiger partial charge in [-0.1, -0.05) is 38.4 Å². The van der Waals surface area contributed by atoms with E-state index in [0.29, 0.717) is 52.6 Å². The molecule has 166 valence electrons. The van der Waals surface area contributed by atoms with Gasteiger partial charge in [0.2, 0.25) is 11.7 Å². The van der Waals surface area contributed by atoms with Crippen molar-refractivity contribution < 1.29 is 19.2 Å². The molecular formula is C22H28N4O5. The Hall–Kier alpha value is -3.36. The first-order valence-corrected chi connectivity index (χ1v) is 10.4. The van der Waals surface area contributed by atoms with Crippen molar-refractivity contribution in [3.63, 3.8) is 0 Å². The molecule has 31 heavy (non-hydrogen) atoms. The molecule has 0 saturated carbocycles. The van der Waals surface area contributed by atoms with Crippen LogP contribution in [0.15, 0.2) is 27.5 Å². The average molecular weight is 428 g/mol. The predicted molar refractivity (Wildman–Crippen MR) is 116 cm³/mol. The number of amides is 1. The molecule has 0 spiro atoms. The van der Waals surface area contributed by atoms with Crippen LogP contribution in [0.2, 0.25) is 0 Å². The van der Waals surface area contributed by atoms with Gasteiger partial charge in [-0.15, -0.1) is 0 Å². The minimum atomic E-state index is -1.17. The molecule has 0 atom stereocenters. The fourth-order valence-corrected chi connectivity index (χ4v) is 3.39. The number of carboxylic acid groups (broad SMARTS) is 1. The lowest BCUT2D eigenvalue weighted by Crippen LogP contribution is -2.31. The van der Waals surface area contributed by atoms with Gasteiger partial charge in [0, 0.05) is 24.4 Å². The summed E-state index contributed by atoms with van der Waals surface area (Å²) in [6.45, 7) is 8.63. The van der Waals surface area contributed by atoms with Crippen LogP contribution in [0.4, 0.5) is 4.79 Å². The SMILES string of the molecule is CCCCOc1c(CNC(=O)O)n(CC(C)C)c(=O)c2ccc(-c3noc(C)n3)cc12. The normalized spacial score (nSPS) is 11.3. The summed E-state index contributed by atoms with van der Waals surface area (Å²) in [7, 11) is 0. The molecule has 9 nitrogen and oxygen atoms in total. The molecule has 1 aromatic carbocycles. The van der Waals surface area contributed by atoms with Gasteiger partial charge in [-0.3, -0.25) is 4.79 Å². The standard InChI is InChI=1S/C22H28N4O5/c1-5-6-9-30-19-17-10-15(20-24-14(4)31-25-20)7-8-16(17)21(27)26(12-13(2)3)18(19)11-23-22(28)29/h7-8,10,13,23H,5-6,9,11-12H2,1-4H3,(H,28,29). The van der Waals surface area contributed by atoms with Gasteiger partial charge in [0.05, 0.1) is 24.2 Å². The van der Waals surface area contributed by atoms with Gasteiger partial charge in [-0.2, -0.15) is 4.98 Å². The lowest BCUT2D eigenvalue weighted by atomic mass is 10.0. The highest BCUT2D eigenvalue weighted by Gasteiger charge is 2.20. The lowest BCUT2D eigenvalue weighted by Gasteiger charge is -2.21. The second-order valence-electron chi connectivity index (χ2n) is 7.84. The molecule has 0 unspecified atom stereocenters. The van der Waals surface area contributed by atoms with E-state index in [2.05, 4.69) is 22.4 Å². The molecule has 9 heteroatoms. The van der Waals surface area contributed by atoms with E-state index in [0.717, 1.165) is 12.8 Å². The van der Waals surface area contributed by atoms with Gasteiger partial charge in [-0.25, -0.2) is 4.79 Å². The minimum Gasteiger partial charge on any atom is -0.491 e. The predicted octanol–water partition coefficient (Wildman–Crippen LogP) is 3.96. The Morgan fingerprint density at radius 3 is 2.71 bits per heavy atom. The van der Waals surface area contributed by atoms with Crippen molar-refractivity contribution in [3.8, 4) is 17.1 Å². The number of nitrogens with zero attached hydrogens (tertiary/aromatic N) is 3. The van der Waals surface area contributed by atoms with Crippen molar-refractivity contribution >= 4 is 16.9 Å². The van der Waals surface area contributed by atoms with E-state index in [1.807, 2.05) is 13.8 Å². The Labute approximate surface area is 180 Å². The fraction of sp³-hybridized carbons (Fsp3) is 0.455. The Morgan fingerprint density at radius 2 is 2.10 bits per heavy atom. The number of carbonyl (C=O) groups is 1. The van der Waals surface area contributed by atoms with E-state index in [9.17, 15) is 9.59 Å². The van der Waals surface area contributed by atoms with Gasteiger partial charge in [0.15, 0.2) is 0 Å². The maximum atomic E-state index is 13.3. The smallest absolute Gasteiger partial charge is 0.404 e. The quantitative estimate of drug-likeness (QED) is 0.495. The van der Waals surface area contributed by atoms with Crippen LogP contribution in [0.3, 0.4) is 0 Å².